The molecule has 2 amide bonds. The largest absolute Gasteiger partial charge is 0.480 e. The van der Waals surface area contributed by atoms with Crippen LogP contribution in [-0.2, 0) is 9.59 Å². The average Bonchev–Trinajstić information content (AvgIpc) is 2.56. The number of aliphatic carboxylic acids is 1. The van der Waals surface area contributed by atoms with Gasteiger partial charge >= 0.3 is 5.97 Å². The first-order valence-electron chi connectivity index (χ1n) is 7.57. The van der Waals surface area contributed by atoms with Gasteiger partial charge in [0.05, 0.1) is 0 Å². The molecule has 0 aromatic heterocycles. The van der Waals surface area contributed by atoms with Crippen molar-refractivity contribution in [3.05, 3.63) is 42.0 Å². The number of carbonyl (C=O) groups is 3. The number of carboxylic acids is 1. The van der Waals surface area contributed by atoms with Gasteiger partial charge in [0, 0.05) is 17.2 Å². The van der Waals surface area contributed by atoms with E-state index in [9.17, 15) is 14.4 Å². The van der Waals surface area contributed by atoms with E-state index in [4.69, 9.17) is 5.11 Å². The van der Waals surface area contributed by atoms with Crippen molar-refractivity contribution in [1.29, 1.82) is 0 Å². The second-order valence-electron chi connectivity index (χ2n) is 5.58. The number of rotatable bonds is 5. The Hall–Kier alpha value is -2.63. The second kappa shape index (κ2) is 7.58. The van der Waals surface area contributed by atoms with Crippen LogP contribution in [-0.4, -0.2) is 28.9 Å². The topological polar surface area (TPSA) is 95.5 Å². The zero-order valence-corrected chi connectivity index (χ0v) is 12.9. The van der Waals surface area contributed by atoms with Gasteiger partial charge in [-0.2, -0.15) is 0 Å². The molecule has 6 nitrogen and oxygen atoms in total. The maximum absolute atomic E-state index is 12.1. The van der Waals surface area contributed by atoms with Crippen molar-refractivity contribution < 1.29 is 19.5 Å². The summed E-state index contributed by atoms with van der Waals surface area (Å²) in [4.78, 5) is 34.7. The summed E-state index contributed by atoms with van der Waals surface area (Å²) in [5, 5.41) is 14.0. The summed E-state index contributed by atoms with van der Waals surface area (Å²) in [6.45, 7) is 1.40. The van der Waals surface area contributed by atoms with E-state index in [2.05, 4.69) is 16.7 Å². The highest BCUT2D eigenvalue weighted by atomic mass is 16.4. The molecule has 0 saturated heterocycles. The number of anilines is 1. The SMILES string of the molecule is C[C@H](NC(=O)c1ccc(NC(=O)[C@H]2CC=CCC2)cc1)C(=O)O. The normalized spacial score (nSPS) is 18.0. The van der Waals surface area contributed by atoms with Crippen LogP contribution in [0.25, 0.3) is 0 Å². The molecule has 1 aromatic rings. The van der Waals surface area contributed by atoms with E-state index in [0.717, 1.165) is 19.3 Å². The molecule has 0 aliphatic heterocycles. The Labute approximate surface area is 134 Å². The lowest BCUT2D eigenvalue weighted by molar-refractivity contribution is -0.138. The molecule has 23 heavy (non-hydrogen) atoms. The number of hydrogen-bond donors (Lipinski definition) is 3. The molecule has 1 aromatic carbocycles. The van der Waals surface area contributed by atoms with Crippen LogP contribution in [0, 0.1) is 5.92 Å². The van der Waals surface area contributed by atoms with E-state index < -0.39 is 17.9 Å². The minimum absolute atomic E-state index is 0.0145. The highest BCUT2D eigenvalue weighted by Crippen LogP contribution is 2.20. The molecule has 122 valence electrons. The third-order valence-electron chi connectivity index (χ3n) is 3.77. The number of benzene rings is 1. The zero-order valence-electron chi connectivity index (χ0n) is 12.9. The highest BCUT2D eigenvalue weighted by molar-refractivity contribution is 5.97. The van der Waals surface area contributed by atoms with Gasteiger partial charge in [0.2, 0.25) is 5.91 Å². The Bertz CT molecular complexity index is 622. The molecular formula is C17H20N2O4. The van der Waals surface area contributed by atoms with Crippen molar-refractivity contribution in [3.8, 4) is 0 Å². The summed E-state index contributed by atoms with van der Waals surface area (Å²) in [6.07, 6.45) is 6.61. The fourth-order valence-corrected chi connectivity index (χ4v) is 2.32. The fourth-order valence-electron chi connectivity index (χ4n) is 2.32. The maximum atomic E-state index is 12.1. The number of hydrogen-bond acceptors (Lipinski definition) is 3. The van der Waals surface area contributed by atoms with Gasteiger partial charge in [0.25, 0.3) is 5.91 Å². The van der Waals surface area contributed by atoms with E-state index in [0.29, 0.717) is 11.3 Å². The Morgan fingerprint density at radius 1 is 1.17 bits per heavy atom. The van der Waals surface area contributed by atoms with Crippen LogP contribution >= 0.6 is 0 Å². The molecule has 0 spiro atoms. The molecular weight excluding hydrogens is 296 g/mol. The molecule has 0 bridgehead atoms. The van der Waals surface area contributed by atoms with Crippen LogP contribution in [0.3, 0.4) is 0 Å². The van der Waals surface area contributed by atoms with E-state index in [1.54, 1.807) is 24.3 Å². The Morgan fingerprint density at radius 2 is 1.87 bits per heavy atom. The molecule has 2 atom stereocenters. The molecule has 6 heteroatoms. The first-order chi connectivity index (χ1) is 11.0. The van der Waals surface area contributed by atoms with Crippen molar-refractivity contribution in [2.24, 2.45) is 5.92 Å². The standard InChI is InChI=1S/C17H20N2O4/c1-11(17(22)23)18-15(20)13-7-9-14(10-8-13)19-16(21)12-5-3-2-4-6-12/h2-3,7-12H,4-6H2,1H3,(H,18,20)(H,19,21)(H,22,23)/t11-,12-/m0/s1. The molecule has 1 aliphatic rings. The van der Waals surface area contributed by atoms with Crippen molar-refractivity contribution in [2.45, 2.75) is 32.2 Å². The summed E-state index contributed by atoms with van der Waals surface area (Å²) in [5.74, 6) is -1.59. The predicted octanol–water partition coefficient (Wildman–Crippen LogP) is 2.18. The first kappa shape index (κ1) is 16.7. The Morgan fingerprint density at radius 3 is 2.43 bits per heavy atom. The van der Waals surface area contributed by atoms with Gasteiger partial charge in [0.15, 0.2) is 0 Å². The van der Waals surface area contributed by atoms with Crippen LogP contribution in [0.15, 0.2) is 36.4 Å². The minimum Gasteiger partial charge on any atom is -0.480 e. The van der Waals surface area contributed by atoms with Gasteiger partial charge in [-0.25, -0.2) is 0 Å². The quantitative estimate of drug-likeness (QED) is 0.726. The van der Waals surface area contributed by atoms with Crippen molar-refractivity contribution in [1.82, 2.24) is 5.32 Å². The summed E-state index contributed by atoms with van der Waals surface area (Å²) in [5.41, 5.74) is 0.962. The molecule has 3 N–H and O–H groups in total. The number of carboxylic acid groups (broad SMARTS) is 1. The minimum atomic E-state index is -1.09. The van der Waals surface area contributed by atoms with E-state index in [-0.39, 0.29) is 11.8 Å². The number of carbonyl (C=O) groups excluding carboxylic acids is 2. The lowest BCUT2D eigenvalue weighted by Gasteiger charge is -2.17. The average molecular weight is 316 g/mol. The van der Waals surface area contributed by atoms with Gasteiger partial charge in [-0.15, -0.1) is 0 Å². The van der Waals surface area contributed by atoms with Crippen LogP contribution in [0.5, 0.6) is 0 Å². The summed E-state index contributed by atoms with van der Waals surface area (Å²) in [7, 11) is 0. The second-order valence-corrected chi connectivity index (χ2v) is 5.58. The van der Waals surface area contributed by atoms with Crippen LogP contribution in [0.4, 0.5) is 5.69 Å². The van der Waals surface area contributed by atoms with E-state index in [1.165, 1.54) is 6.92 Å². The lowest BCUT2D eigenvalue weighted by atomic mass is 9.93. The molecule has 0 heterocycles. The fraction of sp³-hybridized carbons (Fsp3) is 0.353. The Balaban J connectivity index is 1.93. The van der Waals surface area contributed by atoms with Gasteiger partial charge in [0.1, 0.15) is 6.04 Å². The van der Waals surface area contributed by atoms with Gasteiger partial charge in [-0.05, 0) is 50.5 Å². The van der Waals surface area contributed by atoms with Crippen LogP contribution in [0.2, 0.25) is 0 Å². The van der Waals surface area contributed by atoms with Crippen LogP contribution < -0.4 is 10.6 Å². The third-order valence-corrected chi connectivity index (χ3v) is 3.77. The zero-order chi connectivity index (χ0) is 16.8. The molecule has 0 saturated carbocycles. The van der Waals surface area contributed by atoms with Gasteiger partial charge in [-0.1, -0.05) is 12.2 Å². The van der Waals surface area contributed by atoms with Crippen molar-refractivity contribution >= 4 is 23.5 Å². The monoisotopic (exact) mass is 316 g/mol. The molecule has 1 aliphatic carbocycles. The number of allylic oxidation sites excluding steroid dienone is 2. The van der Waals surface area contributed by atoms with Crippen molar-refractivity contribution in [3.63, 3.8) is 0 Å². The van der Waals surface area contributed by atoms with Crippen molar-refractivity contribution in [2.75, 3.05) is 5.32 Å². The number of nitrogens with one attached hydrogen (secondary N) is 2. The van der Waals surface area contributed by atoms with E-state index in [1.807, 2.05) is 6.08 Å². The molecule has 0 unspecified atom stereocenters. The molecule has 0 fully saturated rings. The highest BCUT2D eigenvalue weighted by Gasteiger charge is 2.19. The van der Waals surface area contributed by atoms with Crippen LogP contribution in [0.1, 0.15) is 36.5 Å². The lowest BCUT2D eigenvalue weighted by Crippen LogP contribution is -2.38. The summed E-state index contributed by atoms with van der Waals surface area (Å²) < 4.78 is 0. The van der Waals surface area contributed by atoms with Gasteiger partial charge in [-0.3, -0.25) is 14.4 Å². The smallest absolute Gasteiger partial charge is 0.325 e. The maximum Gasteiger partial charge on any atom is 0.325 e. The third kappa shape index (κ3) is 4.67. The summed E-state index contributed by atoms with van der Waals surface area (Å²) in [6, 6.07) is 5.43. The predicted molar refractivity (Wildman–Crippen MR) is 86.1 cm³/mol. The number of amides is 2. The Kier molecular flexibility index (Phi) is 5.51. The summed E-state index contributed by atoms with van der Waals surface area (Å²) >= 11 is 0. The first-order valence-corrected chi connectivity index (χ1v) is 7.57. The van der Waals surface area contributed by atoms with E-state index >= 15 is 0 Å². The molecule has 2 rings (SSSR count). The van der Waals surface area contributed by atoms with Gasteiger partial charge < -0.3 is 15.7 Å². The molecule has 0 radical (unpaired) electrons.